The molecule has 0 aliphatic heterocycles. The summed E-state index contributed by atoms with van der Waals surface area (Å²) in [5.41, 5.74) is 0.665. The van der Waals surface area contributed by atoms with Gasteiger partial charge in [-0.2, -0.15) is 0 Å². The van der Waals surface area contributed by atoms with Crippen LogP contribution in [0.2, 0.25) is 0 Å². The number of hydrogen-bond acceptors (Lipinski definition) is 2. The van der Waals surface area contributed by atoms with E-state index in [1.165, 1.54) is 77.0 Å². The van der Waals surface area contributed by atoms with Crippen molar-refractivity contribution in [1.29, 1.82) is 0 Å². The molecule has 1 saturated carbocycles. The first-order valence-electron chi connectivity index (χ1n) is 8.55. The van der Waals surface area contributed by atoms with Gasteiger partial charge in [0.05, 0.1) is 0 Å². The molecule has 0 aromatic heterocycles. The van der Waals surface area contributed by atoms with Crippen molar-refractivity contribution in [2.24, 2.45) is 5.41 Å². The molecule has 1 rings (SSSR count). The average molecular weight is 270 g/mol. The van der Waals surface area contributed by atoms with Gasteiger partial charge in [0.1, 0.15) is 0 Å². The molecule has 0 aromatic rings. The monoisotopic (exact) mass is 270 g/mol. The van der Waals surface area contributed by atoms with Crippen LogP contribution in [0.1, 0.15) is 89.9 Å². The van der Waals surface area contributed by atoms with E-state index in [2.05, 4.69) is 0 Å². The molecule has 2 N–H and O–H groups in total. The van der Waals surface area contributed by atoms with Crippen molar-refractivity contribution in [3.05, 3.63) is 0 Å². The van der Waals surface area contributed by atoms with E-state index in [1.807, 2.05) is 0 Å². The lowest BCUT2D eigenvalue weighted by atomic mass is 9.76. The van der Waals surface area contributed by atoms with Gasteiger partial charge in [0, 0.05) is 13.2 Å². The van der Waals surface area contributed by atoms with Gasteiger partial charge in [-0.1, -0.05) is 51.4 Å². The van der Waals surface area contributed by atoms with Crippen LogP contribution in [0.5, 0.6) is 0 Å². The minimum absolute atomic E-state index is 0.357. The van der Waals surface area contributed by atoms with E-state index in [4.69, 9.17) is 10.2 Å². The van der Waals surface area contributed by atoms with E-state index < -0.39 is 0 Å². The van der Waals surface area contributed by atoms with Gasteiger partial charge >= 0.3 is 0 Å². The fourth-order valence-corrected chi connectivity index (χ4v) is 3.68. The molecule has 0 radical (unpaired) electrons. The summed E-state index contributed by atoms with van der Waals surface area (Å²) in [6.07, 6.45) is 18.3. The van der Waals surface area contributed by atoms with Crippen LogP contribution in [0, 0.1) is 5.41 Å². The molecule has 0 amide bonds. The molecule has 2 heteroatoms. The van der Waals surface area contributed by atoms with Crippen molar-refractivity contribution in [2.45, 2.75) is 89.9 Å². The number of rotatable bonds is 12. The molecule has 0 heterocycles. The Kier molecular flexibility index (Phi) is 9.54. The Morgan fingerprint density at radius 3 is 1.42 bits per heavy atom. The fourth-order valence-electron chi connectivity index (χ4n) is 3.68. The maximum atomic E-state index is 8.80. The Balaban J connectivity index is 2.14. The molecule has 1 aliphatic carbocycles. The van der Waals surface area contributed by atoms with Gasteiger partial charge in [0.15, 0.2) is 0 Å². The van der Waals surface area contributed by atoms with Crippen LogP contribution >= 0.6 is 0 Å². The lowest BCUT2D eigenvalue weighted by Crippen LogP contribution is -2.16. The van der Waals surface area contributed by atoms with E-state index in [-0.39, 0.29) is 0 Å². The highest BCUT2D eigenvalue weighted by atomic mass is 16.3. The summed E-state index contributed by atoms with van der Waals surface area (Å²) in [4.78, 5) is 0. The molecule has 0 aromatic carbocycles. The zero-order valence-corrected chi connectivity index (χ0v) is 12.7. The highest BCUT2D eigenvalue weighted by Crippen LogP contribution is 2.46. The van der Waals surface area contributed by atoms with Gasteiger partial charge in [0.25, 0.3) is 0 Å². The van der Waals surface area contributed by atoms with Gasteiger partial charge in [0.2, 0.25) is 0 Å². The lowest BCUT2D eigenvalue weighted by molar-refractivity contribution is 0.224. The molecular weight excluding hydrogens is 236 g/mol. The van der Waals surface area contributed by atoms with Gasteiger partial charge in [-0.05, 0) is 43.9 Å². The standard InChI is InChI=1S/C17H34O2/c18-15-9-3-1-5-11-17(13-7-8-14-17)12-6-2-4-10-16-19/h18-19H,1-16H2. The number of unbranched alkanes of at least 4 members (excludes halogenated alkanes) is 6. The van der Waals surface area contributed by atoms with Crippen molar-refractivity contribution in [3.8, 4) is 0 Å². The summed E-state index contributed by atoms with van der Waals surface area (Å²) in [6.45, 7) is 0.714. The van der Waals surface area contributed by atoms with Crippen LogP contribution in [0.25, 0.3) is 0 Å². The zero-order valence-electron chi connectivity index (χ0n) is 12.7. The Hall–Kier alpha value is -0.0800. The van der Waals surface area contributed by atoms with Gasteiger partial charge in [-0.15, -0.1) is 0 Å². The third kappa shape index (κ3) is 7.31. The first-order chi connectivity index (χ1) is 9.33. The Morgan fingerprint density at radius 2 is 1.00 bits per heavy atom. The van der Waals surface area contributed by atoms with Crippen molar-refractivity contribution >= 4 is 0 Å². The van der Waals surface area contributed by atoms with E-state index in [0.717, 1.165) is 12.8 Å². The molecular formula is C17H34O2. The van der Waals surface area contributed by atoms with Gasteiger partial charge in [-0.25, -0.2) is 0 Å². The van der Waals surface area contributed by atoms with Crippen molar-refractivity contribution in [1.82, 2.24) is 0 Å². The number of aliphatic hydroxyl groups is 2. The van der Waals surface area contributed by atoms with E-state index in [1.54, 1.807) is 0 Å². The molecule has 0 saturated heterocycles. The van der Waals surface area contributed by atoms with Crippen LogP contribution < -0.4 is 0 Å². The molecule has 1 fully saturated rings. The van der Waals surface area contributed by atoms with Crippen LogP contribution in [0.15, 0.2) is 0 Å². The second-order valence-corrected chi connectivity index (χ2v) is 6.48. The summed E-state index contributed by atoms with van der Waals surface area (Å²) in [5.74, 6) is 0. The molecule has 0 bridgehead atoms. The second-order valence-electron chi connectivity index (χ2n) is 6.48. The first-order valence-corrected chi connectivity index (χ1v) is 8.55. The maximum Gasteiger partial charge on any atom is 0.0431 e. The summed E-state index contributed by atoms with van der Waals surface area (Å²) in [5, 5.41) is 17.6. The zero-order chi connectivity index (χ0) is 13.8. The predicted molar refractivity (Wildman–Crippen MR) is 81.2 cm³/mol. The maximum absolute atomic E-state index is 8.80. The molecule has 1 aliphatic rings. The van der Waals surface area contributed by atoms with E-state index >= 15 is 0 Å². The highest BCUT2D eigenvalue weighted by molar-refractivity contribution is 4.84. The summed E-state index contributed by atoms with van der Waals surface area (Å²) in [6, 6.07) is 0. The van der Waals surface area contributed by atoms with Crippen molar-refractivity contribution in [3.63, 3.8) is 0 Å². The lowest BCUT2D eigenvalue weighted by Gasteiger charge is -2.29. The van der Waals surface area contributed by atoms with Crippen LogP contribution in [-0.2, 0) is 0 Å². The normalized spacial score (nSPS) is 18.0. The van der Waals surface area contributed by atoms with Gasteiger partial charge in [-0.3, -0.25) is 0 Å². The second kappa shape index (κ2) is 10.7. The minimum Gasteiger partial charge on any atom is -0.396 e. The Labute approximate surface area is 119 Å². The largest absolute Gasteiger partial charge is 0.396 e. The minimum atomic E-state index is 0.357. The van der Waals surface area contributed by atoms with Crippen LogP contribution in [-0.4, -0.2) is 23.4 Å². The van der Waals surface area contributed by atoms with Crippen LogP contribution in [0.4, 0.5) is 0 Å². The molecule has 19 heavy (non-hydrogen) atoms. The highest BCUT2D eigenvalue weighted by Gasteiger charge is 2.32. The topological polar surface area (TPSA) is 40.5 Å². The average Bonchev–Trinajstić information content (AvgIpc) is 2.88. The third-order valence-electron chi connectivity index (χ3n) is 4.89. The van der Waals surface area contributed by atoms with E-state index in [0.29, 0.717) is 18.6 Å². The molecule has 2 nitrogen and oxygen atoms in total. The molecule has 0 spiro atoms. The summed E-state index contributed by atoms with van der Waals surface area (Å²) < 4.78 is 0. The van der Waals surface area contributed by atoms with Crippen molar-refractivity contribution in [2.75, 3.05) is 13.2 Å². The van der Waals surface area contributed by atoms with E-state index in [9.17, 15) is 0 Å². The molecule has 0 atom stereocenters. The van der Waals surface area contributed by atoms with Crippen LogP contribution in [0.3, 0.4) is 0 Å². The number of aliphatic hydroxyl groups excluding tert-OH is 2. The number of hydrogen-bond donors (Lipinski definition) is 2. The molecule has 114 valence electrons. The summed E-state index contributed by atoms with van der Waals surface area (Å²) >= 11 is 0. The third-order valence-corrected chi connectivity index (χ3v) is 4.89. The fraction of sp³-hybridized carbons (Fsp3) is 1.00. The first kappa shape index (κ1) is 17.0. The Morgan fingerprint density at radius 1 is 0.579 bits per heavy atom. The van der Waals surface area contributed by atoms with Gasteiger partial charge < -0.3 is 10.2 Å². The molecule has 0 unspecified atom stereocenters. The summed E-state index contributed by atoms with van der Waals surface area (Å²) in [7, 11) is 0. The smallest absolute Gasteiger partial charge is 0.0431 e. The Bertz CT molecular complexity index is 181. The quantitative estimate of drug-likeness (QED) is 0.515. The van der Waals surface area contributed by atoms with Crippen molar-refractivity contribution < 1.29 is 10.2 Å². The SMILES string of the molecule is OCCCCCCC1(CCCCCCO)CCCC1. The predicted octanol–water partition coefficient (Wildman–Crippen LogP) is 4.43.